The van der Waals surface area contributed by atoms with Crippen LogP contribution in [0.5, 0.6) is 0 Å². The lowest BCUT2D eigenvalue weighted by atomic mass is 10.3. The number of nitrogens with zero attached hydrogens (tertiary/aromatic N) is 3. The van der Waals surface area contributed by atoms with E-state index in [9.17, 15) is 0 Å². The van der Waals surface area contributed by atoms with Gasteiger partial charge in [0.25, 0.3) is 0 Å². The van der Waals surface area contributed by atoms with Crippen LogP contribution < -0.4 is 10.6 Å². The van der Waals surface area contributed by atoms with Crippen molar-refractivity contribution in [2.45, 2.75) is 26.6 Å². The first-order chi connectivity index (χ1) is 8.56. The minimum Gasteiger partial charge on any atom is -0.349 e. The van der Waals surface area contributed by atoms with E-state index in [0.717, 1.165) is 11.9 Å². The molecule has 6 heteroatoms. The number of rotatable bonds is 2. The molecule has 2 N–H and O–H groups in total. The minimum absolute atomic E-state index is 0.0472. The van der Waals surface area contributed by atoms with Gasteiger partial charge in [-0.25, -0.2) is 9.98 Å². The first-order valence-electron chi connectivity index (χ1n) is 5.92. The SMILES string of the molecule is Cc1sccc1CN=C1NC(N(C)C)=NC(C)N1. The van der Waals surface area contributed by atoms with E-state index in [-0.39, 0.29) is 6.17 Å². The van der Waals surface area contributed by atoms with Gasteiger partial charge >= 0.3 is 0 Å². The molecule has 98 valence electrons. The fourth-order valence-electron chi connectivity index (χ4n) is 1.64. The Kier molecular flexibility index (Phi) is 3.86. The molecule has 1 unspecified atom stereocenters. The zero-order chi connectivity index (χ0) is 13.1. The van der Waals surface area contributed by atoms with Crippen molar-refractivity contribution in [3.8, 4) is 0 Å². The molecule has 2 rings (SSSR count). The zero-order valence-corrected chi connectivity index (χ0v) is 12.0. The van der Waals surface area contributed by atoms with Gasteiger partial charge in [0.2, 0.25) is 5.96 Å². The van der Waals surface area contributed by atoms with Crippen LogP contribution in [0.1, 0.15) is 17.4 Å². The monoisotopic (exact) mass is 265 g/mol. The van der Waals surface area contributed by atoms with Gasteiger partial charge in [-0.15, -0.1) is 11.3 Å². The maximum absolute atomic E-state index is 4.56. The van der Waals surface area contributed by atoms with Crippen molar-refractivity contribution >= 4 is 23.3 Å². The zero-order valence-electron chi connectivity index (χ0n) is 11.2. The molecule has 0 saturated carbocycles. The van der Waals surface area contributed by atoms with Crippen molar-refractivity contribution in [1.82, 2.24) is 15.5 Å². The van der Waals surface area contributed by atoms with Gasteiger partial charge in [-0.1, -0.05) is 0 Å². The number of nitrogens with one attached hydrogen (secondary N) is 2. The highest BCUT2D eigenvalue weighted by Crippen LogP contribution is 2.15. The van der Waals surface area contributed by atoms with E-state index in [2.05, 4.69) is 39.0 Å². The lowest BCUT2D eigenvalue weighted by Crippen LogP contribution is -2.53. The molecule has 0 fully saturated rings. The number of guanidine groups is 2. The smallest absolute Gasteiger partial charge is 0.202 e. The maximum Gasteiger partial charge on any atom is 0.202 e. The average Bonchev–Trinajstić information content (AvgIpc) is 2.71. The van der Waals surface area contributed by atoms with Gasteiger partial charge in [-0.3, -0.25) is 5.32 Å². The van der Waals surface area contributed by atoms with Crippen molar-refractivity contribution in [2.24, 2.45) is 9.98 Å². The van der Waals surface area contributed by atoms with Crippen molar-refractivity contribution in [3.05, 3.63) is 21.9 Å². The number of thiophene rings is 1. The summed E-state index contributed by atoms with van der Waals surface area (Å²) in [7, 11) is 3.93. The van der Waals surface area contributed by atoms with Crippen molar-refractivity contribution in [1.29, 1.82) is 0 Å². The Bertz CT molecular complexity index is 475. The van der Waals surface area contributed by atoms with Crippen molar-refractivity contribution < 1.29 is 0 Å². The van der Waals surface area contributed by atoms with E-state index in [1.54, 1.807) is 11.3 Å². The van der Waals surface area contributed by atoms with E-state index < -0.39 is 0 Å². The van der Waals surface area contributed by atoms with Crippen molar-refractivity contribution in [2.75, 3.05) is 14.1 Å². The quantitative estimate of drug-likeness (QED) is 0.849. The molecule has 1 aliphatic rings. The summed E-state index contributed by atoms with van der Waals surface area (Å²) in [6.45, 7) is 4.82. The van der Waals surface area contributed by atoms with Gasteiger partial charge < -0.3 is 10.2 Å². The van der Waals surface area contributed by atoms with Gasteiger partial charge in [0.05, 0.1) is 6.54 Å². The van der Waals surface area contributed by atoms with E-state index in [1.807, 2.05) is 25.9 Å². The molecule has 1 atom stereocenters. The highest BCUT2D eigenvalue weighted by molar-refractivity contribution is 7.10. The van der Waals surface area contributed by atoms with Crippen molar-refractivity contribution in [3.63, 3.8) is 0 Å². The molecular formula is C12H19N5S. The third-order valence-corrected chi connectivity index (χ3v) is 3.58. The molecule has 0 spiro atoms. The second-order valence-electron chi connectivity index (χ2n) is 4.46. The van der Waals surface area contributed by atoms with Crippen LogP contribution in [0.3, 0.4) is 0 Å². The summed E-state index contributed by atoms with van der Waals surface area (Å²) in [6, 6.07) is 2.12. The molecule has 2 heterocycles. The Hall–Kier alpha value is -1.56. The summed E-state index contributed by atoms with van der Waals surface area (Å²) in [5.41, 5.74) is 1.28. The summed E-state index contributed by atoms with van der Waals surface area (Å²) >= 11 is 1.75. The Morgan fingerprint density at radius 2 is 2.28 bits per heavy atom. The first kappa shape index (κ1) is 12.9. The molecule has 0 bridgehead atoms. The maximum atomic E-state index is 4.56. The molecule has 0 aromatic carbocycles. The molecule has 0 saturated heterocycles. The van der Waals surface area contributed by atoms with E-state index >= 15 is 0 Å². The van der Waals surface area contributed by atoms with Crippen LogP contribution in [-0.4, -0.2) is 37.1 Å². The number of aliphatic imine (C=N–C) groups is 2. The molecule has 0 aliphatic carbocycles. The van der Waals surface area contributed by atoms with Crippen LogP contribution >= 0.6 is 11.3 Å². The average molecular weight is 265 g/mol. The predicted octanol–water partition coefficient (Wildman–Crippen LogP) is 1.37. The summed E-state index contributed by atoms with van der Waals surface area (Å²) < 4.78 is 0. The van der Waals surface area contributed by atoms with Crippen LogP contribution in [0.25, 0.3) is 0 Å². The lowest BCUT2D eigenvalue weighted by molar-refractivity contribution is 0.559. The first-order valence-corrected chi connectivity index (χ1v) is 6.80. The largest absolute Gasteiger partial charge is 0.349 e. The van der Waals surface area contributed by atoms with E-state index in [1.165, 1.54) is 10.4 Å². The summed E-state index contributed by atoms with van der Waals surface area (Å²) in [6.07, 6.45) is 0.0472. The third-order valence-electron chi connectivity index (χ3n) is 2.69. The molecule has 1 aromatic heterocycles. The fourth-order valence-corrected chi connectivity index (χ4v) is 2.36. The van der Waals surface area contributed by atoms with Gasteiger partial charge in [0.1, 0.15) is 6.17 Å². The Labute approximate surface area is 112 Å². The molecule has 5 nitrogen and oxygen atoms in total. The molecule has 1 aromatic rings. The number of hydrogen-bond donors (Lipinski definition) is 2. The summed E-state index contributed by atoms with van der Waals surface area (Å²) in [4.78, 5) is 12.3. The predicted molar refractivity (Wildman–Crippen MR) is 77.1 cm³/mol. The third kappa shape index (κ3) is 3.01. The number of aryl methyl sites for hydroxylation is 1. The topological polar surface area (TPSA) is 52.0 Å². The second-order valence-corrected chi connectivity index (χ2v) is 5.58. The van der Waals surface area contributed by atoms with E-state index in [4.69, 9.17) is 0 Å². The van der Waals surface area contributed by atoms with Gasteiger partial charge in [-0.05, 0) is 30.9 Å². The molecule has 0 radical (unpaired) electrons. The summed E-state index contributed by atoms with van der Waals surface area (Å²) in [5.74, 6) is 1.62. The van der Waals surface area contributed by atoms with E-state index in [0.29, 0.717) is 6.54 Å². The second kappa shape index (κ2) is 5.39. The Morgan fingerprint density at radius 1 is 1.50 bits per heavy atom. The molecule has 1 aliphatic heterocycles. The standard InChI is InChI=1S/C12H19N5S/c1-8-10(5-6-18-8)7-13-11-14-9(2)15-12(16-11)17(3)4/h5-6,9H,7H2,1-4H3,(H2,13,14,15,16). The minimum atomic E-state index is 0.0472. The van der Waals surface area contributed by atoms with Crippen LogP contribution in [0, 0.1) is 6.92 Å². The molecule has 18 heavy (non-hydrogen) atoms. The summed E-state index contributed by atoms with van der Waals surface area (Å²) in [5, 5.41) is 8.49. The highest BCUT2D eigenvalue weighted by atomic mass is 32.1. The van der Waals surface area contributed by atoms with Gasteiger partial charge in [-0.2, -0.15) is 0 Å². The lowest BCUT2D eigenvalue weighted by Gasteiger charge is -2.26. The van der Waals surface area contributed by atoms with Gasteiger partial charge in [0, 0.05) is 19.0 Å². The van der Waals surface area contributed by atoms with Crippen LogP contribution in [0.15, 0.2) is 21.4 Å². The molecule has 0 amide bonds. The fraction of sp³-hybridized carbons (Fsp3) is 0.500. The molecular weight excluding hydrogens is 246 g/mol. The van der Waals surface area contributed by atoms with Crippen LogP contribution in [0.4, 0.5) is 0 Å². The van der Waals surface area contributed by atoms with Crippen LogP contribution in [0.2, 0.25) is 0 Å². The highest BCUT2D eigenvalue weighted by Gasteiger charge is 2.15. The number of hydrogen-bond acceptors (Lipinski definition) is 4. The van der Waals surface area contributed by atoms with Gasteiger partial charge in [0.15, 0.2) is 5.96 Å². The van der Waals surface area contributed by atoms with Crippen LogP contribution in [-0.2, 0) is 6.54 Å². The Balaban J connectivity index is 2.06. The normalized spacial score (nSPS) is 21.2. The Morgan fingerprint density at radius 3 is 2.89 bits per heavy atom.